The number of H-pyrrole nitrogens is 1. The van der Waals surface area contributed by atoms with Crippen LogP contribution in [0.3, 0.4) is 0 Å². The van der Waals surface area contributed by atoms with Gasteiger partial charge in [-0.3, -0.25) is 9.67 Å². The van der Waals surface area contributed by atoms with Gasteiger partial charge in [-0.05, 0) is 51.5 Å². The first kappa shape index (κ1) is 12.0. The van der Waals surface area contributed by atoms with Gasteiger partial charge in [0.05, 0.1) is 0 Å². The van der Waals surface area contributed by atoms with Crippen molar-refractivity contribution in [3.63, 3.8) is 0 Å². The van der Waals surface area contributed by atoms with Gasteiger partial charge in [-0.1, -0.05) is 17.7 Å². The Bertz CT molecular complexity index is 593. The van der Waals surface area contributed by atoms with Crippen molar-refractivity contribution in [2.24, 2.45) is 0 Å². The van der Waals surface area contributed by atoms with E-state index in [4.69, 9.17) is 12.2 Å². The SMILES string of the molecule is Cc1ccc(C)c(-c2n[nH]c(=S)n2C(C)C)c1. The third kappa shape index (κ3) is 2.17. The van der Waals surface area contributed by atoms with E-state index in [1.54, 1.807) is 0 Å². The van der Waals surface area contributed by atoms with Crippen LogP contribution in [0.1, 0.15) is 31.0 Å². The van der Waals surface area contributed by atoms with E-state index in [1.807, 2.05) is 0 Å². The first-order chi connectivity index (χ1) is 8.00. The molecule has 1 aromatic heterocycles. The molecule has 0 radical (unpaired) electrons. The lowest BCUT2D eigenvalue weighted by Gasteiger charge is -2.12. The van der Waals surface area contributed by atoms with Gasteiger partial charge in [-0.15, -0.1) is 0 Å². The second-order valence-electron chi connectivity index (χ2n) is 4.63. The Balaban J connectivity index is 2.69. The van der Waals surface area contributed by atoms with Gasteiger partial charge in [0.1, 0.15) is 0 Å². The molecule has 0 bridgehead atoms. The lowest BCUT2D eigenvalue weighted by Crippen LogP contribution is -2.04. The summed E-state index contributed by atoms with van der Waals surface area (Å²) in [5.41, 5.74) is 3.59. The van der Waals surface area contributed by atoms with Crippen LogP contribution in [0.4, 0.5) is 0 Å². The van der Waals surface area contributed by atoms with Crippen LogP contribution >= 0.6 is 12.2 Å². The van der Waals surface area contributed by atoms with Gasteiger partial charge < -0.3 is 0 Å². The number of rotatable bonds is 2. The van der Waals surface area contributed by atoms with E-state index in [2.05, 4.69) is 60.7 Å². The third-order valence-electron chi connectivity index (χ3n) is 2.85. The first-order valence-corrected chi connectivity index (χ1v) is 6.16. The minimum Gasteiger partial charge on any atom is -0.298 e. The van der Waals surface area contributed by atoms with Crippen LogP contribution in [0.25, 0.3) is 11.4 Å². The smallest absolute Gasteiger partial charge is 0.195 e. The van der Waals surface area contributed by atoms with Crippen molar-refractivity contribution in [3.05, 3.63) is 34.1 Å². The molecule has 3 nitrogen and oxygen atoms in total. The Morgan fingerprint density at radius 2 is 2.00 bits per heavy atom. The maximum absolute atomic E-state index is 5.27. The van der Waals surface area contributed by atoms with E-state index < -0.39 is 0 Å². The number of hydrogen-bond acceptors (Lipinski definition) is 2. The van der Waals surface area contributed by atoms with Crippen LogP contribution in [0.2, 0.25) is 0 Å². The molecule has 1 N–H and O–H groups in total. The van der Waals surface area contributed by atoms with Gasteiger partial charge in [0, 0.05) is 11.6 Å². The quantitative estimate of drug-likeness (QED) is 0.819. The fourth-order valence-corrected chi connectivity index (χ4v) is 2.29. The topological polar surface area (TPSA) is 33.6 Å². The molecular formula is C13H17N3S. The molecule has 4 heteroatoms. The highest BCUT2D eigenvalue weighted by atomic mass is 32.1. The van der Waals surface area contributed by atoms with Crippen molar-refractivity contribution in [3.8, 4) is 11.4 Å². The Labute approximate surface area is 106 Å². The number of benzene rings is 1. The normalized spacial score (nSPS) is 11.1. The maximum atomic E-state index is 5.27. The molecule has 0 aliphatic heterocycles. The standard InChI is InChI=1S/C13H17N3S/c1-8(2)16-12(14-15-13(16)17)11-7-9(3)5-6-10(11)4/h5-8H,1-4H3,(H,15,17). The maximum Gasteiger partial charge on any atom is 0.195 e. The molecule has 2 aromatic rings. The summed E-state index contributed by atoms with van der Waals surface area (Å²) in [6, 6.07) is 6.68. The van der Waals surface area contributed by atoms with Crippen LogP contribution < -0.4 is 0 Å². The summed E-state index contributed by atoms with van der Waals surface area (Å²) in [6.45, 7) is 8.40. The van der Waals surface area contributed by atoms with Gasteiger partial charge in [-0.2, -0.15) is 5.10 Å². The molecule has 1 aromatic carbocycles. The van der Waals surface area contributed by atoms with Crippen molar-refractivity contribution < 1.29 is 0 Å². The highest BCUT2D eigenvalue weighted by molar-refractivity contribution is 7.71. The average molecular weight is 247 g/mol. The van der Waals surface area contributed by atoms with E-state index in [9.17, 15) is 0 Å². The Kier molecular flexibility index (Phi) is 3.15. The zero-order valence-electron chi connectivity index (χ0n) is 10.6. The van der Waals surface area contributed by atoms with E-state index in [0.717, 1.165) is 11.4 Å². The van der Waals surface area contributed by atoms with Crippen molar-refractivity contribution in [2.45, 2.75) is 33.7 Å². The summed E-state index contributed by atoms with van der Waals surface area (Å²) < 4.78 is 2.73. The van der Waals surface area contributed by atoms with Crippen LogP contribution in [-0.4, -0.2) is 14.8 Å². The lowest BCUT2D eigenvalue weighted by atomic mass is 10.0. The average Bonchev–Trinajstić information content (AvgIpc) is 2.64. The molecule has 17 heavy (non-hydrogen) atoms. The van der Waals surface area contributed by atoms with Gasteiger partial charge in [0.25, 0.3) is 0 Å². The van der Waals surface area contributed by atoms with Gasteiger partial charge in [0.15, 0.2) is 10.6 Å². The summed E-state index contributed by atoms with van der Waals surface area (Å²) in [7, 11) is 0. The van der Waals surface area contributed by atoms with Crippen LogP contribution in [-0.2, 0) is 0 Å². The molecular weight excluding hydrogens is 230 g/mol. The van der Waals surface area contributed by atoms with Crippen LogP contribution in [0.15, 0.2) is 18.2 Å². The molecule has 90 valence electrons. The van der Waals surface area contributed by atoms with E-state index in [0.29, 0.717) is 10.8 Å². The summed E-state index contributed by atoms with van der Waals surface area (Å²) in [5, 5.41) is 7.23. The molecule has 0 spiro atoms. The zero-order valence-corrected chi connectivity index (χ0v) is 11.4. The largest absolute Gasteiger partial charge is 0.298 e. The number of nitrogens with zero attached hydrogens (tertiary/aromatic N) is 2. The Hall–Kier alpha value is -1.42. The van der Waals surface area contributed by atoms with Crippen molar-refractivity contribution >= 4 is 12.2 Å². The number of nitrogens with one attached hydrogen (secondary N) is 1. The fourth-order valence-electron chi connectivity index (χ4n) is 1.95. The van der Waals surface area contributed by atoms with E-state index in [-0.39, 0.29) is 0 Å². The molecule has 0 fully saturated rings. The highest BCUT2D eigenvalue weighted by Crippen LogP contribution is 2.25. The van der Waals surface area contributed by atoms with E-state index >= 15 is 0 Å². The Morgan fingerprint density at radius 3 is 2.65 bits per heavy atom. The number of hydrogen-bond donors (Lipinski definition) is 1. The number of aromatic amines is 1. The zero-order chi connectivity index (χ0) is 12.6. The predicted molar refractivity (Wildman–Crippen MR) is 72.7 cm³/mol. The van der Waals surface area contributed by atoms with Gasteiger partial charge in [-0.25, -0.2) is 0 Å². The van der Waals surface area contributed by atoms with Crippen molar-refractivity contribution in [1.82, 2.24) is 14.8 Å². The number of aryl methyl sites for hydroxylation is 2. The molecule has 0 saturated carbocycles. The van der Waals surface area contributed by atoms with E-state index in [1.165, 1.54) is 11.1 Å². The van der Waals surface area contributed by atoms with Crippen molar-refractivity contribution in [2.75, 3.05) is 0 Å². The molecule has 0 atom stereocenters. The van der Waals surface area contributed by atoms with Gasteiger partial charge in [0.2, 0.25) is 0 Å². The summed E-state index contributed by atoms with van der Waals surface area (Å²) >= 11 is 5.27. The molecule has 0 saturated heterocycles. The second kappa shape index (κ2) is 4.45. The molecule has 2 rings (SSSR count). The van der Waals surface area contributed by atoms with Gasteiger partial charge >= 0.3 is 0 Å². The monoisotopic (exact) mass is 247 g/mol. The predicted octanol–water partition coefficient (Wildman–Crippen LogP) is 3.81. The first-order valence-electron chi connectivity index (χ1n) is 5.75. The van der Waals surface area contributed by atoms with Crippen LogP contribution in [0, 0.1) is 18.6 Å². The third-order valence-corrected chi connectivity index (χ3v) is 3.14. The lowest BCUT2D eigenvalue weighted by molar-refractivity contribution is 0.597. The van der Waals surface area contributed by atoms with Crippen LogP contribution in [0.5, 0.6) is 0 Å². The Morgan fingerprint density at radius 1 is 1.29 bits per heavy atom. The highest BCUT2D eigenvalue weighted by Gasteiger charge is 2.13. The minimum atomic E-state index is 0.302. The van der Waals surface area contributed by atoms with Crippen molar-refractivity contribution in [1.29, 1.82) is 0 Å². The number of aromatic nitrogens is 3. The molecule has 0 aliphatic carbocycles. The summed E-state index contributed by atoms with van der Waals surface area (Å²) in [6.07, 6.45) is 0. The molecule has 0 amide bonds. The molecule has 0 unspecified atom stereocenters. The minimum absolute atomic E-state index is 0.302. The second-order valence-corrected chi connectivity index (χ2v) is 5.02. The summed E-state index contributed by atoms with van der Waals surface area (Å²) in [4.78, 5) is 0. The molecule has 0 aliphatic rings. The molecule has 1 heterocycles. The summed E-state index contributed by atoms with van der Waals surface area (Å²) in [5.74, 6) is 0.922. The fraction of sp³-hybridized carbons (Fsp3) is 0.385.